The minimum atomic E-state index is -4.23. The summed E-state index contributed by atoms with van der Waals surface area (Å²) in [6, 6.07) is 26.8. The molecule has 2 amide bonds. The van der Waals surface area contributed by atoms with Crippen molar-refractivity contribution >= 4 is 50.7 Å². The lowest BCUT2D eigenvalue weighted by atomic mass is 10.0. The number of anilines is 1. The first kappa shape index (κ1) is 34.0. The summed E-state index contributed by atoms with van der Waals surface area (Å²) in [6.45, 7) is 5.45. The second-order valence-electron chi connectivity index (χ2n) is 10.9. The molecule has 0 saturated carbocycles. The summed E-state index contributed by atoms with van der Waals surface area (Å²) in [6.07, 6.45) is 0.923. The van der Waals surface area contributed by atoms with Gasteiger partial charge in [0.05, 0.1) is 10.6 Å². The smallest absolute Gasteiger partial charge is 0.264 e. The van der Waals surface area contributed by atoms with Gasteiger partial charge in [0, 0.05) is 29.6 Å². The van der Waals surface area contributed by atoms with Gasteiger partial charge in [-0.15, -0.1) is 0 Å². The zero-order valence-corrected chi connectivity index (χ0v) is 27.9. The molecule has 45 heavy (non-hydrogen) atoms. The molecule has 4 aromatic carbocycles. The summed E-state index contributed by atoms with van der Waals surface area (Å²) in [7, 11) is -4.23. The van der Waals surface area contributed by atoms with E-state index in [9.17, 15) is 18.0 Å². The van der Waals surface area contributed by atoms with Crippen LogP contribution in [0.1, 0.15) is 35.6 Å². The van der Waals surface area contributed by atoms with Crippen LogP contribution >= 0.6 is 23.2 Å². The maximum Gasteiger partial charge on any atom is 0.264 e. The Kier molecular flexibility index (Phi) is 11.7. The van der Waals surface area contributed by atoms with Crippen molar-refractivity contribution in [2.45, 2.75) is 51.1 Å². The maximum absolute atomic E-state index is 14.5. The molecule has 0 heterocycles. The van der Waals surface area contributed by atoms with Crippen LogP contribution in [0.5, 0.6) is 0 Å². The van der Waals surface area contributed by atoms with Gasteiger partial charge in [0.1, 0.15) is 12.6 Å². The Labute approximate surface area is 275 Å². The summed E-state index contributed by atoms with van der Waals surface area (Å²) >= 11 is 13.0. The van der Waals surface area contributed by atoms with Gasteiger partial charge in [-0.2, -0.15) is 0 Å². The molecule has 236 valence electrons. The van der Waals surface area contributed by atoms with Crippen LogP contribution in [0.15, 0.2) is 102 Å². The SMILES string of the molecule is CCCNC(=O)C(Cc1ccccc1)N(Cc1ccccc1Cl)C(=O)CN(c1ccc(C)c(Cl)c1)S(=O)(=O)c1ccc(C)cc1. The van der Waals surface area contributed by atoms with Gasteiger partial charge < -0.3 is 10.2 Å². The Morgan fingerprint density at radius 3 is 2.16 bits per heavy atom. The van der Waals surface area contributed by atoms with Gasteiger partial charge in [-0.3, -0.25) is 13.9 Å². The van der Waals surface area contributed by atoms with Crippen LogP contribution in [0.2, 0.25) is 10.0 Å². The number of rotatable bonds is 13. The molecule has 7 nitrogen and oxygen atoms in total. The monoisotopic (exact) mass is 665 g/mol. The van der Waals surface area contributed by atoms with E-state index in [1.165, 1.54) is 23.1 Å². The Hall–Kier alpha value is -3.85. The number of sulfonamides is 1. The number of carbonyl (C=O) groups is 2. The van der Waals surface area contributed by atoms with Crippen LogP contribution in [0, 0.1) is 13.8 Å². The number of nitrogens with zero attached hydrogens (tertiary/aromatic N) is 2. The first-order valence-electron chi connectivity index (χ1n) is 14.7. The number of hydrogen-bond donors (Lipinski definition) is 1. The highest BCUT2D eigenvalue weighted by Crippen LogP contribution is 2.29. The molecule has 1 atom stereocenters. The fourth-order valence-electron chi connectivity index (χ4n) is 4.83. The fraction of sp³-hybridized carbons (Fsp3) is 0.257. The number of amides is 2. The van der Waals surface area contributed by atoms with Gasteiger partial charge in [0.25, 0.3) is 10.0 Å². The van der Waals surface area contributed by atoms with E-state index in [2.05, 4.69) is 5.32 Å². The molecule has 0 fully saturated rings. The topological polar surface area (TPSA) is 86.8 Å². The summed E-state index contributed by atoms with van der Waals surface area (Å²) in [5.41, 5.74) is 3.35. The Balaban J connectivity index is 1.82. The Bertz CT molecular complexity index is 1730. The third-order valence-electron chi connectivity index (χ3n) is 7.45. The van der Waals surface area contributed by atoms with Crippen LogP contribution in [0.25, 0.3) is 0 Å². The Morgan fingerprint density at radius 2 is 1.51 bits per heavy atom. The number of aryl methyl sites for hydroxylation is 2. The molecular formula is C35H37Cl2N3O4S. The molecule has 10 heteroatoms. The normalized spacial score (nSPS) is 11.9. The number of benzene rings is 4. The summed E-state index contributed by atoms with van der Waals surface area (Å²) < 4.78 is 29.4. The van der Waals surface area contributed by atoms with E-state index in [0.717, 1.165) is 21.0 Å². The van der Waals surface area contributed by atoms with Crippen molar-refractivity contribution in [1.29, 1.82) is 0 Å². The van der Waals surface area contributed by atoms with Gasteiger partial charge in [0.15, 0.2) is 0 Å². The summed E-state index contributed by atoms with van der Waals surface area (Å²) in [5.74, 6) is -0.915. The molecule has 4 aromatic rings. The molecular weight excluding hydrogens is 629 g/mol. The van der Waals surface area contributed by atoms with Crippen LogP contribution in [0.4, 0.5) is 5.69 Å². The lowest BCUT2D eigenvalue weighted by Gasteiger charge is -2.34. The molecule has 0 aromatic heterocycles. The zero-order chi connectivity index (χ0) is 32.6. The van der Waals surface area contributed by atoms with Gasteiger partial charge in [-0.1, -0.05) is 102 Å². The highest BCUT2D eigenvalue weighted by Gasteiger charge is 2.35. The van der Waals surface area contributed by atoms with Crippen molar-refractivity contribution in [2.24, 2.45) is 0 Å². The fourth-order valence-corrected chi connectivity index (χ4v) is 6.61. The standard InChI is InChI=1S/C35H37Cl2N3O4S/c1-4-20-38-35(42)33(21-27-10-6-5-7-11-27)39(23-28-12-8-9-13-31(28)36)34(41)24-40(29-17-16-26(3)32(37)22-29)45(43,44)30-18-14-25(2)15-19-30/h5-19,22,33H,4,20-21,23-24H2,1-3H3,(H,38,42). The minimum absolute atomic E-state index is 0.0113. The van der Waals surface area contributed by atoms with Crippen LogP contribution < -0.4 is 9.62 Å². The highest BCUT2D eigenvalue weighted by molar-refractivity contribution is 7.92. The first-order valence-corrected chi connectivity index (χ1v) is 16.9. The van der Waals surface area contributed by atoms with Crippen LogP contribution in [0.3, 0.4) is 0 Å². The number of carbonyl (C=O) groups excluding carboxylic acids is 2. The number of hydrogen-bond acceptors (Lipinski definition) is 4. The molecule has 1 unspecified atom stereocenters. The van der Waals surface area contributed by atoms with Crippen molar-refractivity contribution < 1.29 is 18.0 Å². The molecule has 1 N–H and O–H groups in total. The van der Waals surface area contributed by atoms with E-state index in [-0.39, 0.29) is 29.5 Å². The van der Waals surface area contributed by atoms with E-state index < -0.39 is 28.5 Å². The number of halogens is 2. The second-order valence-corrected chi connectivity index (χ2v) is 13.5. The predicted octanol–water partition coefficient (Wildman–Crippen LogP) is 6.97. The summed E-state index contributed by atoms with van der Waals surface area (Å²) in [5, 5.41) is 3.72. The van der Waals surface area contributed by atoms with E-state index in [4.69, 9.17) is 23.2 Å². The van der Waals surface area contributed by atoms with Crippen LogP contribution in [-0.2, 0) is 32.6 Å². The van der Waals surface area contributed by atoms with E-state index in [1.807, 2.05) is 51.1 Å². The van der Waals surface area contributed by atoms with Gasteiger partial charge >= 0.3 is 0 Å². The van der Waals surface area contributed by atoms with Crippen molar-refractivity contribution in [3.8, 4) is 0 Å². The molecule has 4 rings (SSSR count). The molecule has 0 saturated heterocycles. The van der Waals surface area contributed by atoms with Crippen molar-refractivity contribution in [3.63, 3.8) is 0 Å². The van der Waals surface area contributed by atoms with Crippen molar-refractivity contribution in [2.75, 3.05) is 17.4 Å². The Morgan fingerprint density at radius 1 is 0.844 bits per heavy atom. The number of nitrogens with one attached hydrogen (secondary N) is 1. The molecule has 0 spiro atoms. The minimum Gasteiger partial charge on any atom is -0.354 e. The van der Waals surface area contributed by atoms with Crippen molar-refractivity contribution in [3.05, 3.63) is 129 Å². The molecule has 0 radical (unpaired) electrons. The van der Waals surface area contributed by atoms with Crippen LogP contribution in [-0.4, -0.2) is 44.3 Å². The summed E-state index contributed by atoms with van der Waals surface area (Å²) in [4.78, 5) is 29.7. The molecule has 0 aliphatic carbocycles. The largest absolute Gasteiger partial charge is 0.354 e. The molecule has 0 bridgehead atoms. The third-order valence-corrected chi connectivity index (χ3v) is 10.0. The molecule has 0 aliphatic heterocycles. The highest BCUT2D eigenvalue weighted by atomic mass is 35.5. The van der Waals surface area contributed by atoms with Gasteiger partial charge in [-0.25, -0.2) is 8.42 Å². The van der Waals surface area contributed by atoms with Crippen molar-refractivity contribution in [1.82, 2.24) is 10.2 Å². The predicted molar refractivity (Wildman–Crippen MR) is 181 cm³/mol. The lowest BCUT2D eigenvalue weighted by Crippen LogP contribution is -2.53. The van der Waals surface area contributed by atoms with E-state index in [0.29, 0.717) is 28.6 Å². The first-order chi connectivity index (χ1) is 21.5. The van der Waals surface area contributed by atoms with E-state index in [1.54, 1.807) is 48.5 Å². The van der Waals surface area contributed by atoms with Gasteiger partial charge in [0.2, 0.25) is 11.8 Å². The second kappa shape index (κ2) is 15.4. The van der Waals surface area contributed by atoms with Gasteiger partial charge in [-0.05, 0) is 67.3 Å². The third kappa shape index (κ3) is 8.66. The molecule has 0 aliphatic rings. The van der Waals surface area contributed by atoms with E-state index >= 15 is 0 Å². The lowest BCUT2D eigenvalue weighted by molar-refractivity contribution is -0.140. The average Bonchev–Trinajstić information content (AvgIpc) is 3.03. The zero-order valence-electron chi connectivity index (χ0n) is 25.5. The quantitative estimate of drug-likeness (QED) is 0.167. The average molecular weight is 667 g/mol. The maximum atomic E-state index is 14.5.